The summed E-state index contributed by atoms with van der Waals surface area (Å²) >= 11 is 0. The predicted molar refractivity (Wildman–Crippen MR) is 57.8 cm³/mol. The number of hydrogen-bond acceptors (Lipinski definition) is 3. The van der Waals surface area contributed by atoms with Gasteiger partial charge in [0, 0.05) is 5.92 Å². The summed E-state index contributed by atoms with van der Waals surface area (Å²) < 4.78 is 0. The van der Waals surface area contributed by atoms with E-state index >= 15 is 0 Å². The normalized spacial score (nSPS) is 33.9. The van der Waals surface area contributed by atoms with Crippen LogP contribution in [0.3, 0.4) is 0 Å². The molecule has 0 heterocycles. The van der Waals surface area contributed by atoms with Gasteiger partial charge in [0.25, 0.3) is 0 Å². The maximum absolute atomic E-state index is 10.1. The van der Waals surface area contributed by atoms with Gasteiger partial charge in [-0.1, -0.05) is 20.8 Å². The van der Waals surface area contributed by atoms with Gasteiger partial charge >= 0.3 is 0 Å². The Labute approximate surface area is 91.2 Å². The lowest BCUT2D eigenvalue weighted by Crippen LogP contribution is -2.37. The lowest BCUT2D eigenvalue weighted by atomic mass is 9.61. The number of carbonyl (C=O) groups excluding carboxylic acids is 1. The molecule has 2 atom stereocenters. The summed E-state index contributed by atoms with van der Waals surface area (Å²) in [5.74, 6) is 0.0978. The van der Waals surface area contributed by atoms with Gasteiger partial charge in [0.15, 0.2) is 0 Å². The Morgan fingerprint density at radius 3 is 2.60 bits per heavy atom. The van der Waals surface area contributed by atoms with Crippen molar-refractivity contribution in [1.82, 2.24) is 0 Å². The first-order valence-corrected chi connectivity index (χ1v) is 5.34. The highest BCUT2D eigenvalue weighted by Crippen LogP contribution is 2.48. The van der Waals surface area contributed by atoms with Gasteiger partial charge in [-0.25, -0.2) is 9.79 Å². The topological polar surface area (TPSA) is 53.2 Å². The predicted octanol–water partition coefficient (Wildman–Crippen LogP) is 2.68. The molecule has 0 aromatic rings. The van der Waals surface area contributed by atoms with E-state index < -0.39 is 0 Å². The van der Waals surface area contributed by atoms with Crippen molar-refractivity contribution in [1.29, 1.82) is 5.26 Å². The van der Waals surface area contributed by atoms with Crippen molar-refractivity contribution < 1.29 is 4.79 Å². The second-order valence-corrected chi connectivity index (χ2v) is 5.79. The SMILES string of the molecule is CC1(C)CC(C#N)CC(C)(CN=C=O)C1. The van der Waals surface area contributed by atoms with Crippen LogP contribution >= 0.6 is 0 Å². The lowest BCUT2D eigenvalue weighted by Gasteiger charge is -2.43. The van der Waals surface area contributed by atoms with Crippen molar-refractivity contribution in [2.45, 2.75) is 40.0 Å². The molecule has 1 aliphatic carbocycles. The van der Waals surface area contributed by atoms with Gasteiger partial charge in [-0.05, 0) is 30.1 Å². The molecular formula is C12H18N2O. The lowest BCUT2D eigenvalue weighted by molar-refractivity contribution is 0.0809. The van der Waals surface area contributed by atoms with Gasteiger partial charge in [0.05, 0.1) is 12.6 Å². The van der Waals surface area contributed by atoms with E-state index in [1.165, 1.54) is 0 Å². The molecule has 82 valence electrons. The molecule has 1 rings (SSSR count). The van der Waals surface area contributed by atoms with E-state index in [9.17, 15) is 4.79 Å². The van der Waals surface area contributed by atoms with E-state index in [2.05, 4.69) is 31.8 Å². The van der Waals surface area contributed by atoms with Crippen molar-refractivity contribution in [2.24, 2.45) is 21.7 Å². The van der Waals surface area contributed by atoms with E-state index in [4.69, 9.17) is 5.26 Å². The molecule has 0 aromatic heterocycles. The van der Waals surface area contributed by atoms with E-state index in [1.54, 1.807) is 6.08 Å². The third-order valence-electron chi connectivity index (χ3n) is 3.15. The Morgan fingerprint density at radius 2 is 2.07 bits per heavy atom. The largest absolute Gasteiger partial charge is 0.234 e. The van der Waals surface area contributed by atoms with Crippen LogP contribution < -0.4 is 0 Å². The second-order valence-electron chi connectivity index (χ2n) is 5.79. The van der Waals surface area contributed by atoms with Gasteiger partial charge in [0.1, 0.15) is 0 Å². The molecule has 3 nitrogen and oxygen atoms in total. The van der Waals surface area contributed by atoms with Crippen LogP contribution in [0.15, 0.2) is 4.99 Å². The summed E-state index contributed by atoms with van der Waals surface area (Å²) in [6.45, 7) is 6.97. The fourth-order valence-electron chi connectivity index (χ4n) is 3.07. The molecule has 0 N–H and O–H groups in total. The van der Waals surface area contributed by atoms with E-state index in [1.807, 2.05) is 0 Å². The van der Waals surface area contributed by atoms with E-state index in [-0.39, 0.29) is 16.7 Å². The molecule has 15 heavy (non-hydrogen) atoms. The van der Waals surface area contributed by atoms with Crippen LogP contribution in [0.4, 0.5) is 0 Å². The van der Waals surface area contributed by atoms with Crippen LogP contribution in [-0.4, -0.2) is 12.6 Å². The zero-order valence-corrected chi connectivity index (χ0v) is 9.71. The Hall–Kier alpha value is -1.13. The van der Waals surface area contributed by atoms with Crippen LogP contribution in [0.25, 0.3) is 0 Å². The molecule has 1 aliphatic rings. The van der Waals surface area contributed by atoms with Crippen molar-refractivity contribution in [3.8, 4) is 6.07 Å². The van der Waals surface area contributed by atoms with Crippen LogP contribution in [0, 0.1) is 28.1 Å². The highest BCUT2D eigenvalue weighted by molar-refractivity contribution is 5.33. The first-order valence-electron chi connectivity index (χ1n) is 5.34. The Kier molecular flexibility index (Phi) is 3.31. The fourth-order valence-corrected chi connectivity index (χ4v) is 3.07. The van der Waals surface area contributed by atoms with Gasteiger partial charge in [-0.2, -0.15) is 5.26 Å². The monoisotopic (exact) mass is 206 g/mol. The van der Waals surface area contributed by atoms with Crippen molar-refractivity contribution in [2.75, 3.05) is 6.54 Å². The summed E-state index contributed by atoms with van der Waals surface area (Å²) in [5.41, 5.74) is 0.158. The Morgan fingerprint density at radius 1 is 1.40 bits per heavy atom. The average Bonchev–Trinajstić information content (AvgIpc) is 2.12. The maximum Gasteiger partial charge on any atom is 0.234 e. The second kappa shape index (κ2) is 4.16. The third kappa shape index (κ3) is 3.18. The molecule has 1 saturated carbocycles. The molecule has 0 amide bonds. The third-order valence-corrected chi connectivity index (χ3v) is 3.15. The number of aliphatic imine (C=N–C) groups is 1. The molecular weight excluding hydrogens is 188 g/mol. The first kappa shape index (κ1) is 11.9. The number of hydrogen-bond donors (Lipinski definition) is 0. The van der Waals surface area contributed by atoms with E-state index in [0.29, 0.717) is 6.54 Å². The smallest absolute Gasteiger partial charge is 0.211 e. The zero-order valence-electron chi connectivity index (χ0n) is 9.71. The summed E-state index contributed by atoms with van der Waals surface area (Å²) in [6.07, 6.45) is 4.40. The van der Waals surface area contributed by atoms with Crippen molar-refractivity contribution >= 4 is 6.08 Å². The minimum Gasteiger partial charge on any atom is -0.211 e. The molecule has 0 aliphatic heterocycles. The summed E-state index contributed by atoms with van der Waals surface area (Å²) in [6, 6.07) is 2.35. The minimum absolute atomic E-state index is 0.0143. The maximum atomic E-state index is 10.1. The zero-order chi connectivity index (χ0) is 11.5. The molecule has 1 fully saturated rings. The molecule has 2 unspecified atom stereocenters. The first-order chi connectivity index (χ1) is 6.91. The van der Waals surface area contributed by atoms with E-state index in [0.717, 1.165) is 19.3 Å². The summed E-state index contributed by atoms with van der Waals surface area (Å²) in [7, 11) is 0. The van der Waals surface area contributed by atoms with Gasteiger partial charge in [0.2, 0.25) is 6.08 Å². The molecule has 3 heteroatoms. The number of isocyanates is 1. The van der Waals surface area contributed by atoms with Crippen LogP contribution in [-0.2, 0) is 4.79 Å². The molecule has 0 saturated heterocycles. The van der Waals surface area contributed by atoms with Crippen LogP contribution in [0.2, 0.25) is 0 Å². The van der Waals surface area contributed by atoms with Crippen molar-refractivity contribution in [3.63, 3.8) is 0 Å². The van der Waals surface area contributed by atoms with Crippen LogP contribution in [0.1, 0.15) is 40.0 Å². The highest BCUT2D eigenvalue weighted by Gasteiger charge is 2.41. The number of nitriles is 1. The quantitative estimate of drug-likeness (QED) is 0.515. The van der Waals surface area contributed by atoms with Gasteiger partial charge in [-0.15, -0.1) is 0 Å². The molecule has 0 spiro atoms. The Bertz CT molecular complexity index is 323. The Balaban J connectivity index is 2.81. The fraction of sp³-hybridized carbons (Fsp3) is 0.833. The van der Waals surface area contributed by atoms with Crippen molar-refractivity contribution in [3.05, 3.63) is 0 Å². The summed E-state index contributed by atoms with van der Waals surface area (Å²) in [5, 5.41) is 9.02. The summed E-state index contributed by atoms with van der Waals surface area (Å²) in [4.78, 5) is 13.8. The minimum atomic E-state index is -0.0143. The molecule has 0 bridgehead atoms. The molecule has 0 radical (unpaired) electrons. The highest BCUT2D eigenvalue weighted by atomic mass is 16.1. The van der Waals surface area contributed by atoms with Gasteiger partial charge < -0.3 is 0 Å². The molecule has 0 aromatic carbocycles. The van der Waals surface area contributed by atoms with Gasteiger partial charge in [-0.3, -0.25) is 0 Å². The number of nitrogens with zero attached hydrogens (tertiary/aromatic N) is 2. The standard InChI is InChI=1S/C12H18N2O/c1-11(2)4-10(6-13)5-12(3,7-11)8-14-9-15/h10H,4-5,7-8H2,1-3H3. The average molecular weight is 206 g/mol. The number of rotatable bonds is 2. The van der Waals surface area contributed by atoms with Crippen LogP contribution in [0.5, 0.6) is 0 Å².